The average molecular weight is 453 g/mol. The van der Waals surface area contributed by atoms with E-state index in [0.29, 0.717) is 6.61 Å². The van der Waals surface area contributed by atoms with Crippen molar-refractivity contribution in [2.75, 3.05) is 33.8 Å². The summed E-state index contributed by atoms with van der Waals surface area (Å²) in [6.45, 7) is 4.55. The molecule has 5 nitrogen and oxygen atoms in total. The lowest BCUT2D eigenvalue weighted by atomic mass is 9.86. The Morgan fingerprint density at radius 2 is 1.39 bits per heavy atom. The number of nitrogens with zero attached hydrogens (tertiary/aromatic N) is 1. The van der Waals surface area contributed by atoms with Crippen molar-refractivity contribution < 1.29 is 41.6 Å². The van der Waals surface area contributed by atoms with E-state index < -0.39 is 11.6 Å². The van der Waals surface area contributed by atoms with Gasteiger partial charge in [-0.3, -0.25) is 0 Å². The lowest BCUT2D eigenvalue weighted by Gasteiger charge is -2.30. The largest absolute Gasteiger partial charge is 1.00 e. The summed E-state index contributed by atoms with van der Waals surface area (Å²) in [6.07, 6.45) is 2.50. The van der Waals surface area contributed by atoms with Crippen molar-refractivity contribution in [3.63, 3.8) is 0 Å². The molecule has 6 heteroatoms. The molecule has 0 spiro atoms. The zero-order valence-electron chi connectivity index (χ0n) is 16.8. The number of hydrogen-bond acceptors (Lipinski definition) is 4. The predicted molar refractivity (Wildman–Crippen MR) is 105 cm³/mol. The summed E-state index contributed by atoms with van der Waals surface area (Å²) in [7, 11) is 4.32. The van der Waals surface area contributed by atoms with Crippen molar-refractivity contribution in [2.45, 2.75) is 25.4 Å². The first-order chi connectivity index (χ1) is 12.8. The standard InChI is InChI=1S/C14H12O3.C8H20NO.BrH/c15-13(16)14(17,11-7-3-1-4-8-11)12-9-5-2-6-10-12;1-4-5-6-9(2,3)7-8-10;/h1-10,17H,(H,15,16);10H,4-8H2,1-3H3;1H/q;+1;/p-2. The molecule has 2 aromatic carbocycles. The molecular weight excluding hydrogens is 422 g/mol. The highest BCUT2D eigenvalue weighted by Gasteiger charge is 2.32. The van der Waals surface area contributed by atoms with Crippen LogP contribution in [0.15, 0.2) is 60.7 Å². The maximum absolute atomic E-state index is 11.3. The fraction of sp³-hybridized carbons (Fsp3) is 0.409. The molecule has 0 radical (unpaired) electrons. The zero-order valence-corrected chi connectivity index (χ0v) is 18.4. The summed E-state index contributed by atoms with van der Waals surface area (Å²) in [4.78, 5) is 11.3. The van der Waals surface area contributed by atoms with Crippen LogP contribution in [0.1, 0.15) is 30.9 Å². The number of likely N-dealkylation sites (N-methyl/N-ethyl adjacent to an activating group) is 1. The van der Waals surface area contributed by atoms with Gasteiger partial charge in [0.2, 0.25) is 0 Å². The van der Waals surface area contributed by atoms with E-state index in [1.54, 1.807) is 60.7 Å². The number of carbonyl (C=O) groups excluding carboxylic acids is 1. The van der Waals surface area contributed by atoms with Crippen molar-refractivity contribution in [1.82, 2.24) is 0 Å². The van der Waals surface area contributed by atoms with Crippen LogP contribution in [0.3, 0.4) is 0 Å². The Balaban J connectivity index is 0.000000577. The molecule has 0 aliphatic rings. The van der Waals surface area contributed by atoms with E-state index in [2.05, 4.69) is 21.0 Å². The van der Waals surface area contributed by atoms with Crippen molar-refractivity contribution in [2.24, 2.45) is 0 Å². The van der Waals surface area contributed by atoms with E-state index in [0.717, 1.165) is 11.0 Å². The first-order valence-electron chi connectivity index (χ1n) is 9.25. The molecule has 0 amide bonds. The van der Waals surface area contributed by atoms with Crippen LogP contribution < -0.4 is 22.1 Å². The quantitative estimate of drug-likeness (QED) is 0.479. The Kier molecular flexibility index (Phi) is 11.9. The lowest BCUT2D eigenvalue weighted by molar-refractivity contribution is -0.890. The number of benzene rings is 2. The lowest BCUT2D eigenvalue weighted by Crippen LogP contribution is -3.00. The first-order valence-corrected chi connectivity index (χ1v) is 9.25. The number of rotatable bonds is 8. The number of unbranched alkanes of at least 4 members (excludes halogenated alkanes) is 1. The van der Waals surface area contributed by atoms with Gasteiger partial charge >= 0.3 is 0 Å². The molecule has 156 valence electrons. The predicted octanol–water partition coefficient (Wildman–Crippen LogP) is -1.47. The zero-order chi connectivity index (χ0) is 20.3. The number of carboxylic acids is 1. The van der Waals surface area contributed by atoms with Crippen LogP contribution in [0.25, 0.3) is 0 Å². The Morgan fingerprint density at radius 1 is 0.964 bits per heavy atom. The number of aliphatic hydroxyl groups excluding tert-OH is 1. The monoisotopic (exact) mass is 452 g/mol. The van der Waals surface area contributed by atoms with Gasteiger partial charge in [-0.15, -0.1) is 0 Å². The van der Waals surface area contributed by atoms with Gasteiger partial charge in [0.05, 0.1) is 33.2 Å². The van der Waals surface area contributed by atoms with Crippen molar-refractivity contribution in [1.29, 1.82) is 0 Å². The Hall–Kier alpha value is -1.73. The molecule has 28 heavy (non-hydrogen) atoms. The molecule has 0 fully saturated rings. The molecule has 0 atom stereocenters. The molecule has 2 N–H and O–H groups in total. The summed E-state index contributed by atoms with van der Waals surface area (Å²) in [5.41, 5.74) is -1.54. The van der Waals surface area contributed by atoms with Gasteiger partial charge in [-0.1, -0.05) is 74.0 Å². The number of quaternary nitrogens is 1. The molecule has 0 aliphatic carbocycles. The van der Waals surface area contributed by atoms with E-state index in [-0.39, 0.29) is 28.1 Å². The summed E-state index contributed by atoms with van der Waals surface area (Å²) in [6, 6.07) is 16.4. The van der Waals surface area contributed by atoms with E-state index in [4.69, 9.17) is 5.11 Å². The van der Waals surface area contributed by atoms with Gasteiger partial charge in [-0.25, -0.2) is 0 Å². The van der Waals surface area contributed by atoms with Crippen molar-refractivity contribution in [3.8, 4) is 0 Å². The minimum atomic E-state index is -2.11. The average Bonchev–Trinajstić information content (AvgIpc) is 2.67. The molecule has 0 aliphatic heterocycles. The summed E-state index contributed by atoms with van der Waals surface area (Å²) in [5, 5.41) is 30.3. The van der Waals surface area contributed by atoms with Crippen LogP contribution in [0, 0.1) is 0 Å². The van der Waals surface area contributed by atoms with Gasteiger partial charge in [-0.2, -0.15) is 0 Å². The van der Waals surface area contributed by atoms with Gasteiger partial charge in [-0.05, 0) is 17.5 Å². The smallest absolute Gasteiger partial charge is 0.154 e. The number of hydrogen-bond donors (Lipinski definition) is 2. The summed E-state index contributed by atoms with van der Waals surface area (Å²) < 4.78 is 0.949. The van der Waals surface area contributed by atoms with Gasteiger partial charge in [0.25, 0.3) is 0 Å². The van der Waals surface area contributed by atoms with Gasteiger partial charge < -0.3 is 41.6 Å². The van der Waals surface area contributed by atoms with Crippen molar-refractivity contribution in [3.05, 3.63) is 71.8 Å². The van der Waals surface area contributed by atoms with Crippen LogP contribution in [0.5, 0.6) is 0 Å². The molecule has 2 rings (SSSR count). The van der Waals surface area contributed by atoms with Crippen LogP contribution >= 0.6 is 0 Å². The maximum atomic E-state index is 11.3. The highest BCUT2D eigenvalue weighted by atomic mass is 79.9. The van der Waals surface area contributed by atoms with Crippen LogP contribution in [-0.2, 0) is 10.4 Å². The molecule has 0 bridgehead atoms. The third-order valence-electron chi connectivity index (χ3n) is 4.50. The molecule has 0 saturated heterocycles. The van der Waals surface area contributed by atoms with E-state index in [1.807, 2.05) is 0 Å². The number of halogens is 1. The summed E-state index contributed by atoms with van der Waals surface area (Å²) >= 11 is 0. The number of aliphatic carboxylic acids is 1. The fourth-order valence-electron chi connectivity index (χ4n) is 2.73. The third-order valence-corrected chi connectivity index (χ3v) is 4.50. The second-order valence-corrected chi connectivity index (χ2v) is 7.19. The second kappa shape index (κ2) is 12.7. The number of carbonyl (C=O) groups is 1. The topological polar surface area (TPSA) is 80.6 Å². The van der Waals surface area contributed by atoms with E-state index >= 15 is 0 Å². The molecular formula is C22H31BrNO4-. The van der Waals surface area contributed by atoms with Gasteiger partial charge in [0, 0.05) is 0 Å². The van der Waals surface area contributed by atoms with E-state index in [9.17, 15) is 15.0 Å². The highest BCUT2D eigenvalue weighted by Crippen LogP contribution is 2.28. The Bertz CT molecular complexity index is 638. The fourth-order valence-corrected chi connectivity index (χ4v) is 2.73. The third kappa shape index (κ3) is 7.72. The minimum absolute atomic E-state index is 0. The van der Waals surface area contributed by atoms with Crippen LogP contribution in [0.2, 0.25) is 0 Å². The summed E-state index contributed by atoms with van der Waals surface area (Å²) in [5.74, 6) is -1.53. The molecule has 0 heterocycles. The molecule has 0 saturated carbocycles. The Morgan fingerprint density at radius 3 is 1.71 bits per heavy atom. The number of aliphatic hydroxyl groups is 2. The van der Waals surface area contributed by atoms with Crippen LogP contribution in [0.4, 0.5) is 0 Å². The van der Waals surface area contributed by atoms with Gasteiger partial charge in [0.15, 0.2) is 5.60 Å². The number of carboxylic acid groups (broad SMARTS) is 1. The second-order valence-electron chi connectivity index (χ2n) is 7.19. The molecule has 2 aromatic rings. The van der Waals surface area contributed by atoms with Crippen LogP contribution in [-0.4, -0.2) is 54.5 Å². The highest BCUT2D eigenvalue weighted by molar-refractivity contribution is 5.81. The SMILES string of the molecule is CCCC[N+](C)(C)CCO.O=C([O-])C(O)(c1ccccc1)c1ccccc1.[Br-]. The van der Waals surface area contributed by atoms with Crippen molar-refractivity contribution >= 4 is 5.97 Å². The van der Waals surface area contributed by atoms with Gasteiger partial charge in [0.1, 0.15) is 6.54 Å². The molecule has 0 aromatic heterocycles. The van der Waals surface area contributed by atoms with E-state index in [1.165, 1.54) is 19.4 Å². The maximum Gasteiger partial charge on any atom is 0.154 e. The first kappa shape index (κ1) is 26.3. The minimum Gasteiger partial charge on any atom is -1.00 e. The molecule has 0 unspecified atom stereocenters. The normalized spacial score (nSPS) is 11.0. The Labute approximate surface area is 178 Å².